The van der Waals surface area contributed by atoms with E-state index in [2.05, 4.69) is 10.3 Å². The number of carbonyl (C=O) groups is 2. The Morgan fingerprint density at radius 2 is 2.11 bits per heavy atom. The molecule has 2 rings (SSSR count). The Morgan fingerprint density at radius 1 is 1.44 bits per heavy atom. The van der Waals surface area contributed by atoms with Gasteiger partial charge < -0.3 is 10.1 Å². The first-order chi connectivity index (χ1) is 8.66. The summed E-state index contributed by atoms with van der Waals surface area (Å²) in [7, 11) is 0. The van der Waals surface area contributed by atoms with Crippen molar-refractivity contribution in [2.75, 3.05) is 6.61 Å². The zero-order valence-corrected chi connectivity index (χ0v) is 10.3. The number of rotatable bonds is 5. The number of pyridine rings is 1. The van der Waals surface area contributed by atoms with Crippen molar-refractivity contribution in [3.05, 3.63) is 30.1 Å². The molecule has 1 aromatic rings. The van der Waals surface area contributed by atoms with E-state index >= 15 is 0 Å². The van der Waals surface area contributed by atoms with Crippen LogP contribution in [0.2, 0.25) is 0 Å². The maximum atomic E-state index is 11.6. The van der Waals surface area contributed by atoms with Gasteiger partial charge in [-0.2, -0.15) is 0 Å². The van der Waals surface area contributed by atoms with Crippen molar-refractivity contribution in [2.24, 2.45) is 5.92 Å². The Bertz CT molecular complexity index is 429. The van der Waals surface area contributed by atoms with Crippen molar-refractivity contribution in [3.8, 4) is 0 Å². The minimum absolute atomic E-state index is 0.164. The van der Waals surface area contributed by atoms with Gasteiger partial charge in [0.2, 0.25) is 0 Å². The number of aromatic nitrogens is 1. The molecule has 0 spiro atoms. The van der Waals surface area contributed by atoms with Crippen LogP contribution in [0.5, 0.6) is 0 Å². The lowest BCUT2D eigenvalue weighted by molar-refractivity contribution is -0.124. The van der Waals surface area contributed by atoms with Gasteiger partial charge >= 0.3 is 5.97 Å². The van der Waals surface area contributed by atoms with Crippen LogP contribution in [0.4, 0.5) is 0 Å². The number of carbonyl (C=O) groups excluding carboxylic acids is 2. The molecule has 18 heavy (non-hydrogen) atoms. The molecule has 1 aromatic heterocycles. The van der Waals surface area contributed by atoms with E-state index in [-0.39, 0.29) is 18.6 Å². The third-order valence-corrected chi connectivity index (χ3v) is 2.97. The summed E-state index contributed by atoms with van der Waals surface area (Å²) in [5, 5.41) is 2.82. The smallest absolute Gasteiger partial charge is 0.338 e. The van der Waals surface area contributed by atoms with Crippen molar-refractivity contribution in [1.82, 2.24) is 10.3 Å². The van der Waals surface area contributed by atoms with E-state index in [1.165, 1.54) is 12.4 Å². The number of hydrogen-bond acceptors (Lipinski definition) is 4. The number of hydrogen-bond donors (Lipinski definition) is 1. The second kappa shape index (κ2) is 5.62. The Hall–Kier alpha value is -1.91. The number of esters is 1. The highest BCUT2D eigenvalue weighted by Gasteiger charge is 2.28. The quantitative estimate of drug-likeness (QED) is 0.794. The average molecular weight is 248 g/mol. The minimum Gasteiger partial charge on any atom is -0.452 e. The van der Waals surface area contributed by atoms with Crippen LogP contribution in [-0.2, 0) is 9.53 Å². The van der Waals surface area contributed by atoms with E-state index in [1.54, 1.807) is 12.1 Å². The van der Waals surface area contributed by atoms with Gasteiger partial charge in [0.1, 0.15) is 0 Å². The van der Waals surface area contributed by atoms with Crippen LogP contribution in [0.15, 0.2) is 24.5 Å². The predicted octanol–water partition coefficient (Wildman–Crippen LogP) is 1.15. The molecule has 0 aromatic carbocycles. The molecule has 5 nitrogen and oxygen atoms in total. The normalized spacial score (nSPS) is 15.8. The molecule has 1 aliphatic carbocycles. The molecule has 1 atom stereocenters. The van der Waals surface area contributed by atoms with Gasteiger partial charge in [0.15, 0.2) is 6.61 Å². The van der Waals surface area contributed by atoms with Crippen LogP contribution in [0.25, 0.3) is 0 Å². The molecule has 0 unspecified atom stereocenters. The van der Waals surface area contributed by atoms with Gasteiger partial charge in [0, 0.05) is 18.4 Å². The maximum Gasteiger partial charge on any atom is 0.338 e. The second-order valence-corrected chi connectivity index (χ2v) is 4.51. The molecular weight excluding hydrogens is 232 g/mol. The van der Waals surface area contributed by atoms with Crippen LogP contribution >= 0.6 is 0 Å². The van der Waals surface area contributed by atoms with Crippen molar-refractivity contribution in [3.63, 3.8) is 0 Å². The van der Waals surface area contributed by atoms with Gasteiger partial charge in [-0.15, -0.1) is 0 Å². The van der Waals surface area contributed by atoms with Gasteiger partial charge in [-0.1, -0.05) is 0 Å². The monoisotopic (exact) mass is 248 g/mol. The molecule has 1 aliphatic rings. The summed E-state index contributed by atoms with van der Waals surface area (Å²) in [5.41, 5.74) is 0.396. The van der Waals surface area contributed by atoms with Crippen molar-refractivity contribution in [1.29, 1.82) is 0 Å². The summed E-state index contributed by atoms with van der Waals surface area (Å²) >= 11 is 0. The topological polar surface area (TPSA) is 68.3 Å². The Morgan fingerprint density at radius 3 is 2.72 bits per heavy atom. The fourth-order valence-electron chi connectivity index (χ4n) is 1.71. The third-order valence-electron chi connectivity index (χ3n) is 2.97. The van der Waals surface area contributed by atoms with Crippen LogP contribution in [0, 0.1) is 5.92 Å². The van der Waals surface area contributed by atoms with E-state index in [9.17, 15) is 9.59 Å². The van der Waals surface area contributed by atoms with E-state index < -0.39 is 5.97 Å². The molecule has 1 amide bonds. The SMILES string of the molecule is C[C@@H](NC(=O)COC(=O)c1ccncc1)C1CC1. The molecule has 1 saturated carbocycles. The van der Waals surface area contributed by atoms with E-state index in [1.807, 2.05) is 6.92 Å². The molecule has 0 saturated heterocycles. The van der Waals surface area contributed by atoms with E-state index in [4.69, 9.17) is 4.74 Å². The minimum atomic E-state index is -0.508. The zero-order chi connectivity index (χ0) is 13.0. The molecule has 1 heterocycles. The highest BCUT2D eigenvalue weighted by atomic mass is 16.5. The summed E-state index contributed by atoms with van der Waals surface area (Å²) in [5.74, 6) is -0.173. The molecule has 1 N–H and O–H groups in total. The third kappa shape index (κ3) is 3.55. The molecular formula is C13H16N2O3. The number of ether oxygens (including phenoxy) is 1. The summed E-state index contributed by atoms with van der Waals surface area (Å²) in [6.07, 6.45) is 5.34. The highest BCUT2D eigenvalue weighted by molar-refractivity contribution is 5.91. The molecule has 0 bridgehead atoms. The average Bonchev–Trinajstić information content (AvgIpc) is 3.21. The standard InChI is InChI=1S/C13H16N2O3/c1-9(10-2-3-10)15-12(16)8-18-13(17)11-4-6-14-7-5-11/h4-7,9-10H,2-3,8H2,1H3,(H,15,16)/t9-/m1/s1. The van der Waals surface area contributed by atoms with Gasteiger partial charge in [-0.25, -0.2) is 4.79 Å². The summed E-state index contributed by atoms with van der Waals surface area (Å²) < 4.78 is 4.91. The van der Waals surface area contributed by atoms with E-state index in [0.717, 1.165) is 12.8 Å². The van der Waals surface area contributed by atoms with E-state index in [0.29, 0.717) is 11.5 Å². The Kier molecular flexibility index (Phi) is 3.92. The fourth-order valence-corrected chi connectivity index (χ4v) is 1.71. The van der Waals surface area contributed by atoms with Gasteiger partial charge in [-0.3, -0.25) is 9.78 Å². The largest absolute Gasteiger partial charge is 0.452 e. The highest BCUT2D eigenvalue weighted by Crippen LogP contribution is 2.32. The lowest BCUT2D eigenvalue weighted by Gasteiger charge is -2.12. The van der Waals surface area contributed by atoms with Gasteiger partial charge in [0.25, 0.3) is 5.91 Å². The molecule has 5 heteroatoms. The van der Waals surface area contributed by atoms with Gasteiger partial charge in [0.05, 0.1) is 5.56 Å². The van der Waals surface area contributed by atoms with Gasteiger partial charge in [-0.05, 0) is 37.8 Å². The lowest BCUT2D eigenvalue weighted by atomic mass is 10.2. The first-order valence-electron chi connectivity index (χ1n) is 6.03. The number of nitrogens with zero attached hydrogens (tertiary/aromatic N) is 1. The predicted molar refractivity (Wildman–Crippen MR) is 64.8 cm³/mol. The van der Waals surface area contributed by atoms with Crippen LogP contribution in [0.1, 0.15) is 30.1 Å². The first-order valence-corrected chi connectivity index (χ1v) is 6.03. The fraction of sp³-hybridized carbons (Fsp3) is 0.462. The number of nitrogens with one attached hydrogen (secondary N) is 1. The molecule has 1 fully saturated rings. The molecule has 0 radical (unpaired) electrons. The lowest BCUT2D eigenvalue weighted by Crippen LogP contribution is -2.37. The maximum absolute atomic E-state index is 11.6. The zero-order valence-electron chi connectivity index (χ0n) is 10.3. The summed E-state index contributed by atoms with van der Waals surface area (Å²) in [6, 6.07) is 3.26. The molecule has 0 aliphatic heterocycles. The summed E-state index contributed by atoms with van der Waals surface area (Å²) in [6.45, 7) is 1.73. The summed E-state index contributed by atoms with van der Waals surface area (Å²) in [4.78, 5) is 26.9. The first kappa shape index (κ1) is 12.5. The van der Waals surface area contributed by atoms with Crippen molar-refractivity contribution in [2.45, 2.75) is 25.8 Å². The van der Waals surface area contributed by atoms with Crippen molar-refractivity contribution >= 4 is 11.9 Å². The molecule has 96 valence electrons. The Balaban J connectivity index is 1.74. The Labute approximate surface area is 106 Å². The number of amides is 1. The van der Waals surface area contributed by atoms with Crippen molar-refractivity contribution < 1.29 is 14.3 Å². The van der Waals surface area contributed by atoms with Crippen LogP contribution < -0.4 is 5.32 Å². The van der Waals surface area contributed by atoms with Crippen LogP contribution in [0.3, 0.4) is 0 Å². The van der Waals surface area contributed by atoms with Crippen LogP contribution in [-0.4, -0.2) is 29.5 Å². The second-order valence-electron chi connectivity index (χ2n) is 4.51.